The molecule has 1 N–H and O–H groups in total. The first-order valence-electron chi connectivity index (χ1n) is 8.81. The van der Waals surface area contributed by atoms with Crippen molar-refractivity contribution in [3.8, 4) is 5.75 Å². The van der Waals surface area contributed by atoms with E-state index in [2.05, 4.69) is 5.32 Å². The fraction of sp³-hybridized carbons (Fsp3) is 0.190. The van der Waals surface area contributed by atoms with Crippen molar-refractivity contribution in [2.45, 2.75) is 20.3 Å². The standard InChI is InChI=1S/C21H19ClN2O4/c1-3-9-28-18-8-7-15(22)11-14(18)12-17-19(25)23-21(27)24(20(17)26)16-6-4-5-13(2)10-16/h4-8,10-12H,3,9H2,1-2H3,(H,23,25,27)/b17-12+. The fourth-order valence-corrected chi connectivity index (χ4v) is 2.97. The minimum absolute atomic E-state index is 0.176. The van der Waals surface area contributed by atoms with Gasteiger partial charge in [-0.1, -0.05) is 30.7 Å². The molecule has 0 bridgehead atoms. The lowest BCUT2D eigenvalue weighted by Crippen LogP contribution is -2.54. The average molecular weight is 399 g/mol. The molecule has 0 radical (unpaired) electrons. The smallest absolute Gasteiger partial charge is 0.335 e. The molecule has 3 rings (SSSR count). The molecule has 0 aliphatic carbocycles. The van der Waals surface area contributed by atoms with Gasteiger partial charge in [-0.25, -0.2) is 9.69 Å². The van der Waals surface area contributed by atoms with Crippen LogP contribution in [0.1, 0.15) is 24.5 Å². The molecule has 1 aliphatic rings. The van der Waals surface area contributed by atoms with E-state index in [0.29, 0.717) is 28.6 Å². The van der Waals surface area contributed by atoms with Crippen molar-refractivity contribution in [2.75, 3.05) is 11.5 Å². The predicted molar refractivity (Wildman–Crippen MR) is 107 cm³/mol. The number of amides is 4. The van der Waals surface area contributed by atoms with Crippen LogP contribution in [0.3, 0.4) is 0 Å². The van der Waals surface area contributed by atoms with Gasteiger partial charge < -0.3 is 4.74 Å². The Balaban J connectivity index is 2.03. The van der Waals surface area contributed by atoms with Gasteiger partial charge in [0.05, 0.1) is 12.3 Å². The number of aryl methyl sites for hydroxylation is 1. The fourth-order valence-electron chi connectivity index (χ4n) is 2.79. The summed E-state index contributed by atoms with van der Waals surface area (Å²) in [5.41, 5.74) is 1.57. The Morgan fingerprint density at radius 1 is 1.14 bits per heavy atom. The number of urea groups is 1. The summed E-state index contributed by atoms with van der Waals surface area (Å²) in [6, 6.07) is 11.1. The van der Waals surface area contributed by atoms with Crippen molar-refractivity contribution < 1.29 is 19.1 Å². The number of imide groups is 2. The summed E-state index contributed by atoms with van der Waals surface area (Å²) in [6.45, 7) is 4.30. The molecule has 0 aromatic heterocycles. The van der Waals surface area contributed by atoms with Gasteiger partial charge in [0.1, 0.15) is 11.3 Å². The number of carbonyl (C=O) groups is 3. The van der Waals surface area contributed by atoms with Crippen molar-refractivity contribution in [1.29, 1.82) is 0 Å². The van der Waals surface area contributed by atoms with Gasteiger partial charge in [0, 0.05) is 10.6 Å². The van der Waals surface area contributed by atoms with Gasteiger partial charge in [0.25, 0.3) is 11.8 Å². The molecule has 1 aliphatic heterocycles. The Morgan fingerprint density at radius 2 is 1.93 bits per heavy atom. The summed E-state index contributed by atoms with van der Waals surface area (Å²) < 4.78 is 5.67. The number of hydrogen-bond donors (Lipinski definition) is 1. The summed E-state index contributed by atoms with van der Waals surface area (Å²) in [5.74, 6) is -0.973. The van der Waals surface area contributed by atoms with Crippen LogP contribution in [0.5, 0.6) is 5.75 Å². The molecule has 6 nitrogen and oxygen atoms in total. The average Bonchev–Trinajstić information content (AvgIpc) is 2.64. The van der Waals surface area contributed by atoms with Crippen molar-refractivity contribution in [3.63, 3.8) is 0 Å². The van der Waals surface area contributed by atoms with Crippen LogP contribution in [0.15, 0.2) is 48.0 Å². The molecule has 1 heterocycles. The van der Waals surface area contributed by atoms with Gasteiger partial charge in [0.2, 0.25) is 0 Å². The lowest BCUT2D eigenvalue weighted by molar-refractivity contribution is -0.122. The minimum atomic E-state index is -0.786. The van der Waals surface area contributed by atoms with Gasteiger partial charge in [-0.05, 0) is 55.3 Å². The van der Waals surface area contributed by atoms with E-state index in [0.717, 1.165) is 16.9 Å². The van der Waals surface area contributed by atoms with Crippen molar-refractivity contribution in [2.24, 2.45) is 0 Å². The SMILES string of the molecule is CCCOc1ccc(Cl)cc1/C=C1\C(=O)NC(=O)N(c2cccc(C)c2)C1=O. The molecule has 28 heavy (non-hydrogen) atoms. The van der Waals surface area contributed by atoms with E-state index >= 15 is 0 Å². The number of halogens is 1. The number of nitrogens with one attached hydrogen (secondary N) is 1. The zero-order chi connectivity index (χ0) is 20.3. The lowest BCUT2D eigenvalue weighted by atomic mass is 10.1. The van der Waals surface area contributed by atoms with Crippen LogP contribution >= 0.6 is 11.6 Å². The molecule has 0 spiro atoms. The third-order valence-corrected chi connectivity index (χ3v) is 4.33. The van der Waals surface area contributed by atoms with E-state index in [-0.39, 0.29) is 5.57 Å². The number of ether oxygens (including phenoxy) is 1. The van der Waals surface area contributed by atoms with Gasteiger partial charge in [-0.2, -0.15) is 0 Å². The number of carbonyl (C=O) groups excluding carboxylic acids is 3. The molecule has 4 amide bonds. The molecule has 0 unspecified atom stereocenters. The highest BCUT2D eigenvalue weighted by molar-refractivity contribution is 6.39. The largest absolute Gasteiger partial charge is 0.493 e. The molecule has 1 saturated heterocycles. The van der Waals surface area contributed by atoms with Crippen molar-refractivity contribution in [1.82, 2.24) is 5.32 Å². The van der Waals surface area contributed by atoms with E-state index in [1.807, 2.05) is 19.9 Å². The highest BCUT2D eigenvalue weighted by Gasteiger charge is 2.37. The van der Waals surface area contributed by atoms with Crippen LogP contribution in [0.2, 0.25) is 5.02 Å². The molecule has 2 aromatic carbocycles. The van der Waals surface area contributed by atoms with Crippen LogP contribution in [-0.4, -0.2) is 24.5 Å². The lowest BCUT2D eigenvalue weighted by Gasteiger charge is -2.26. The van der Waals surface area contributed by atoms with E-state index in [1.165, 1.54) is 6.08 Å². The Bertz CT molecular complexity index is 984. The first kappa shape index (κ1) is 19.6. The van der Waals surface area contributed by atoms with Crippen molar-refractivity contribution in [3.05, 3.63) is 64.2 Å². The van der Waals surface area contributed by atoms with Crippen molar-refractivity contribution >= 4 is 41.2 Å². The molecule has 0 atom stereocenters. The summed E-state index contributed by atoms with van der Waals surface area (Å²) >= 11 is 6.07. The molecular weight excluding hydrogens is 380 g/mol. The maximum absolute atomic E-state index is 13.0. The van der Waals surface area contributed by atoms with Crippen LogP contribution < -0.4 is 15.0 Å². The number of benzene rings is 2. The van der Waals surface area contributed by atoms with E-state index in [4.69, 9.17) is 16.3 Å². The Morgan fingerprint density at radius 3 is 2.64 bits per heavy atom. The quantitative estimate of drug-likeness (QED) is 0.607. The zero-order valence-electron chi connectivity index (χ0n) is 15.5. The molecule has 2 aromatic rings. The topological polar surface area (TPSA) is 75.7 Å². The van der Waals surface area contributed by atoms with E-state index in [9.17, 15) is 14.4 Å². The highest BCUT2D eigenvalue weighted by atomic mass is 35.5. The van der Waals surface area contributed by atoms with Gasteiger partial charge in [-0.3, -0.25) is 14.9 Å². The summed E-state index contributed by atoms with van der Waals surface area (Å²) in [4.78, 5) is 38.6. The second-order valence-electron chi connectivity index (χ2n) is 6.33. The number of hydrogen-bond acceptors (Lipinski definition) is 4. The van der Waals surface area contributed by atoms with Crippen LogP contribution in [-0.2, 0) is 9.59 Å². The molecule has 0 saturated carbocycles. The van der Waals surface area contributed by atoms with Gasteiger partial charge in [0.15, 0.2) is 0 Å². The maximum Gasteiger partial charge on any atom is 0.335 e. The third kappa shape index (κ3) is 4.07. The molecule has 7 heteroatoms. The van der Waals surface area contributed by atoms with Crippen LogP contribution in [0.4, 0.5) is 10.5 Å². The molecule has 1 fully saturated rings. The Labute approximate surface area is 167 Å². The maximum atomic E-state index is 13.0. The predicted octanol–water partition coefficient (Wildman–Crippen LogP) is 4.10. The minimum Gasteiger partial charge on any atom is -0.493 e. The summed E-state index contributed by atoms with van der Waals surface area (Å²) in [5, 5.41) is 2.65. The Hall–Kier alpha value is -3.12. The van der Waals surface area contributed by atoms with Crippen LogP contribution in [0.25, 0.3) is 6.08 Å². The summed E-state index contributed by atoms with van der Waals surface area (Å²) in [7, 11) is 0. The second kappa shape index (κ2) is 8.27. The zero-order valence-corrected chi connectivity index (χ0v) is 16.2. The normalized spacial score (nSPS) is 15.8. The highest BCUT2D eigenvalue weighted by Crippen LogP contribution is 2.28. The van der Waals surface area contributed by atoms with E-state index < -0.39 is 17.8 Å². The molecular formula is C21H19ClN2O4. The van der Waals surface area contributed by atoms with Gasteiger partial charge in [-0.15, -0.1) is 0 Å². The number of anilines is 1. The van der Waals surface area contributed by atoms with Crippen LogP contribution in [0, 0.1) is 6.92 Å². The Kier molecular flexibility index (Phi) is 5.80. The van der Waals surface area contributed by atoms with E-state index in [1.54, 1.807) is 36.4 Å². The third-order valence-electron chi connectivity index (χ3n) is 4.09. The summed E-state index contributed by atoms with van der Waals surface area (Å²) in [6.07, 6.45) is 2.19. The number of rotatable bonds is 5. The second-order valence-corrected chi connectivity index (χ2v) is 6.76. The number of barbiturate groups is 1. The first-order chi connectivity index (χ1) is 13.4. The van der Waals surface area contributed by atoms with Gasteiger partial charge >= 0.3 is 6.03 Å². The first-order valence-corrected chi connectivity index (χ1v) is 9.19. The number of nitrogens with zero attached hydrogens (tertiary/aromatic N) is 1. The molecule has 144 valence electrons. The monoisotopic (exact) mass is 398 g/mol.